The van der Waals surface area contributed by atoms with Crippen molar-refractivity contribution >= 4 is 24.7 Å². The van der Waals surface area contributed by atoms with Crippen LogP contribution in [0.3, 0.4) is 0 Å². The summed E-state index contributed by atoms with van der Waals surface area (Å²) in [5.41, 5.74) is 3.56. The van der Waals surface area contributed by atoms with Crippen LogP contribution in [0.1, 0.15) is 66.0 Å². The average molecular weight is 480 g/mol. The lowest BCUT2D eigenvalue weighted by Crippen LogP contribution is -2.49. The number of carbonyl (C=O) groups excluding carboxylic acids is 1. The van der Waals surface area contributed by atoms with Crippen molar-refractivity contribution in [3.05, 3.63) is 101 Å². The van der Waals surface area contributed by atoms with Gasteiger partial charge in [0.2, 0.25) is 0 Å². The number of hydrogen-bond acceptors (Lipinski definition) is 5. The molecule has 34 heavy (non-hydrogen) atoms. The summed E-state index contributed by atoms with van der Waals surface area (Å²) in [7, 11) is 0. The van der Waals surface area contributed by atoms with Crippen molar-refractivity contribution in [3.63, 3.8) is 0 Å². The van der Waals surface area contributed by atoms with E-state index in [-0.39, 0.29) is 0 Å². The number of thiol groups is 1. The molecule has 3 N–H and O–H groups in total. The van der Waals surface area contributed by atoms with Gasteiger partial charge in [-0.25, -0.2) is 4.79 Å². The number of carbonyl (C=O) groups is 2. The van der Waals surface area contributed by atoms with E-state index in [0.29, 0.717) is 11.6 Å². The van der Waals surface area contributed by atoms with E-state index in [0.717, 1.165) is 29.7 Å². The van der Waals surface area contributed by atoms with E-state index in [1.54, 1.807) is 12.1 Å². The minimum Gasteiger partial charge on any atom is -0.480 e. The minimum atomic E-state index is -1.30. The summed E-state index contributed by atoms with van der Waals surface area (Å²) in [5.74, 6) is -1.48. The second-order valence-electron chi connectivity index (χ2n) is 8.57. The maximum atomic E-state index is 12.1. The average Bonchev–Trinajstić information content (AvgIpc) is 2.82. The Balaban J connectivity index is 0.000000310. The summed E-state index contributed by atoms with van der Waals surface area (Å²) in [4.78, 5) is 27.4. The number of nitrogens with one attached hydrogen (secondary N) is 2. The first-order chi connectivity index (χ1) is 16.2. The van der Waals surface area contributed by atoms with Gasteiger partial charge < -0.3 is 10.4 Å². The van der Waals surface area contributed by atoms with Crippen molar-refractivity contribution in [2.24, 2.45) is 0 Å². The van der Waals surface area contributed by atoms with Gasteiger partial charge in [-0.3, -0.25) is 14.5 Å². The number of nitrogens with zero attached hydrogens (tertiary/aromatic N) is 1. The Morgan fingerprint density at radius 1 is 1.00 bits per heavy atom. The summed E-state index contributed by atoms with van der Waals surface area (Å²) in [6, 6.07) is 21.8. The van der Waals surface area contributed by atoms with E-state index < -0.39 is 17.4 Å². The molecule has 0 bridgehead atoms. The van der Waals surface area contributed by atoms with Gasteiger partial charge in [0.25, 0.3) is 5.91 Å². The van der Waals surface area contributed by atoms with Crippen LogP contribution in [0.25, 0.3) is 0 Å². The summed E-state index contributed by atoms with van der Waals surface area (Å²) < 4.78 is 2.96. The molecule has 0 aliphatic rings. The molecule has 1 heterocycles. The molecule has 2 aromatic carbocycles. The molecule has 1 aromatic heterocycles. The second kappa shape index (κ2) is 12.9. The van der Waals surface area contributed by atoms with Crippen molar-refractivity contribution in [2.75, 3.05) is 0 Å². The highest BCUT2D eigenvalue weighted by molar-refractivity contribution is 7.78. The lowest BCUT2D eigenvalue weighted by molar-refractivity contribution is -0.143. The Kier molecular flexibility index (Phi) is 10.3. The number of benzene rings is 2. The van der Waals surface area contributed by atoms with Crippen LogP contribution in [-0.2, 0) is 11.2 Å². The summed E-state index contributed by atoms with van der Waals surface area (Å²) >= 11 is 4.06. The van der Waals surface area contributed by atoms with E-state index >= 15 is 0 Å². The number of aliphatic carboxylic acids is 1. The van der Waals surface area contributed by atoms with Gasteiger partial charge in [0.15, 0.2) is 0 Å². The zero-order valence-electron chi connectivity index (χ0n) is 20.1. The van der Waals surface area contributed by atoms with Gasteiger partial charge in [-0.15, -0.1) is 0 Å². The lowest BCUT2D eigenvalue weighted by atomic mass is 10.0. The van der Waals surface area contributed by atoms with Crippen molar-refractivity contribution in [3.8, 4) is 0 Å². The quantitative estimate of drug-likeness (QED) is 0.336. The molecule has 0 aliphatic heterocycles. The van der Waals surface area contributed by atoms with E-state index in [2.05, 4.69) is 46.9 Å². The number of hydrogen-bond donors (Lipinski definition) is 4. The summed E-state index contributed by atoms with van der Waals surface area (Å²) in [6.45, 7) is 6.98. The zero-order valence-corrected chi connectivity index (χ0v) is 21.0. The fraction of sp³-hybridized carbons (Fsp3) is 0.296. The van der Waals surface area contributed by atoms with Gasteiger partial charge in [0.1, 0.15) is 5.54 Å². The van der Waals surface area contributed by atoms with Crippen molar-refractivity contribution in [2.45, 2.75) is 52.1 Å². The number of amides is 1. The zero-order chi connectivity index (χ0) is 25.1. The van der Waals surface area contributed by atoms with Gasteiger partial charge in [-0.05, 0) is 68.5 Å². The molecule has 0 saturated carbocycles. The van der Waals surface area contributed by atoms with E-state index in [1.807, 2.05) is 55.6 Å². The molecule has 1 unspecified atom stereocenters. The molecule has 0 radical (unpaired) electrons. The molecule has 6 nitrogen and oxygen atoms in total. The number of pyridine rings is 1. The summed E-state index contributed by atoms with van der Waals surface area (Å²) in [5, 5.41) is 11.5. The van der Waals surface area contributed by atoms with Crippen molar-refractivity contribution in [1.29, 1.82) is 0 Å². The van der Waals surface area contributed by atoms with Crippen LogP contribution < -0.4 is 10.0 Å². The van der Waals surface area contributed by atoms with Gasteiger partial charge in [-0.2, -0.15) is 0 Å². The van der Waals surface area contributed by atoms with Gasteiger partial charge >= 0.3 is 5.97 Å². The molecule has 0 fully saturated rings. The molecule has 180 valence electrons. The Morgan fingerprint density at radius 3 is 2.12 bits per heavy atom. The fourth-order valence-electron chi connectivity index (χ4n) is 3.11. The van der Waals surface area contributed by atoms with E-state index in [9.17, 15) is 9.59 Å². The van der Waals surface area contributed by atoms with Crippen LogP contribution in [0.2, 0.25) is 0 Å². The Morgan fingerprint density at radius 2 is 1.62 bits per heavy atom. The first kappa shape index (κ1) is 27.1. The van der Waals surface area contributed by atoms with Gasteiger partial charge in [-0.1, -0.05) is 68.3 Å². The molecule has 3 rings (SSSR count). The molecular weight excluding hydrogens is 446 g/mol. The minimum absolute atomic E-state index is 0.375. The fourth-order valence-corrected chi connectivity index (χ4v) is 3.44. The van der Waals surface area contributed by atoms with Crippen LogP contribution in [-0.4, -0.2) is 27.5 Å². The molecule has 7 heteroatoms. The Labute approximate surface area is 207 Å². The molecular formula is C27H33N3O3S. The van der Waals surface area contributed by atoms with E-state index in [1.165, 1.54) is 19.4 Å². The van der Waals surface area contributed by atoms with Gasteiger partial charge in [0.05, 0.1) is 0 Å². The number of carboxylic acid groups (broad SMARTS) is 1. The monoisotopic (exact) mass is 479 g/mol. The Hall–Kier alpha value is -3.16. The first-order valence-corrected chi connectivity index (χ1v) is 11.6. The van der Waals surface area contributed by atoms with Crippen molar-refractivity contribution in [1.82, 2.24) is 15.0 Å². The highest BCUT2D eigenvalue weighted by atomic mass is 32.1. The normalized spacial score (nSPS) is 11.7. The number of rotatable bonds is 8. The van der Waals surface area contributed by atoms with Crippen molar-refractivity contribution < 1.29 is 14.7 Å². The van der Waals surface area contributed by atoms with Crippen LogP contribution in [0.5, 0.6) is 0 Å². The van der Waals surface area contributed by atoms with Gasteiger partial charge in [0, 0.05) is 23.5 Å². The molecule has 1 amide bonds. The third-order valence-electron chi connectivity index (χ3n) is 5.32. The maximum Gasteiger partial charge on any atom is 0.328 e. The first-order valence-electron chi connectivity index (χ1n) is 11.2. The van der Waals surface area contributed by atoms with Crippen LogP contribution in [0.15, 0.2) is 72.9 Å². The smallest absolute Gasteiger partial charge is 0.328 e. The third kappa shape index (κ3) is 8.32. The third-order valence-corrected chi connectivity index (χ3v) is 5.64. The Bertz CT molecular complexity index is 1050. The molecule has 0 aliphatic carbocycles. The predicted octanol–water partition coefficient (Wildman–Crippen LogP) is 5.15. The highest BCUT2D eigenvalue weighted by Crippen LogP contribution is 2.16. The molecule has 0 saturated heterocycles. The van der Waals surface area contributed by atoms with E-state index in [4.69, 9.17) is 5.11 Å². The lowest BCUT2D eigenvalue weighted by Gasteiger charge is -2.21. The van der Waals surface area contributed by atoms with Crippen LogP contribution in [0.4, 0.5) is 0 Å². The number of aromatic nitrogens is 1. The SMILES string of the molecule is CCC(NS)c1ccccc1.Cc1ccc(Cc2ccc(C(=O)NC(C)(C)C(=O)O)cc2)cn1. The highest BCUT2D eigenvalue weighted by Gasteiger charge is 2.29. The predicted molar refractivity (Wildman–Crippen MR) is 139 cm³/mol. The molecule has 0 spiro atoms. The standard InChI is InChI=1S/C18H20N2O3.C9H13NS/c1-12-4-5-14(11-19-12)10-13-6-8-15(9-7-13)16(21)20-18(2,3)17(22)23;1-2-9(10-11)8-6-4-3-5-7-8/h4-9,11H,10H2,1-3H3,(H,20,21)(H,22,23);3-7,9-11H,2H2,1H3. The van der Waals surface area contributed by atoms with Crippen LogP contribution in [0, 0.1) is 6.92 Å². The number of carboxylic acids is 1. The maximum absolute atomic E-state index is 12.1. The molecule has 3 aromatic rings. The van der Waals surface area contributed by atoms with Crippen LogP contribution >= 0.6 is 12.8 Å². The number of aryl methyl sites for hydroxylation is 1. The second-order valence-corrected chi connectivity index (χ2v) is 8.82. The largest absolute Gasteiger partial charge is 0.480 e. The topological polar surface area (TPSA) is 91.3 Å². The molecule has 1 atom stereocenters. The summed E-state index contributed by atoms with van der Waals surface area (Å²) in [6.07, 6.45) is 3.63.